The number of amides is 1. The lowest BCUT2D eigenvalue weighted by atomic mass is 10.1. The average molecular weight is 315 g/mol. The molecule has 1 atom stereocenters. The molecule has 3 rings (SSSR count). The summed E-state index contributed by atoms with van der Waals surface area (Å²) in [7, 11) is 0. The molecule has 0 aliphatic heterocycles. The highest BCUT2D eigenvalue weighted by Gasteiger charge is 2.29. The monoisotopic (exact) mass is 315 g/mol. The Hall–Kier alpha value is -1.81. The molecule has 1 aliphatic carbocycles. The number of carbonyl (C=O) groups is 1. The molecule has 0 spiro atoms. The predicted octanol–water partition coefficient (Wildman–Crippen LogP) is 4.25. The van der Waals surface area contributed by atoms with Gasteiger partial charge in [-0.25, -0.2) is 4.39 Å². The van der Waals surface area contributed by atoms with Crippen molar-refractivity contribution in [2.45, 2.75) is 36.0 Å². The topological polar surface area (TPSA) is 29.1 Å². The molecule has 114 valence electrons. The number of nitrogens with one attached hydrogen (secondary N) is 1. The molecule has 2 nitrogen and oxygen atoms in total. The van der Waals surface area contributed by atoms with Gasteiger partial charge in [0.15, 0.2) is 0 Å². The highest BCUT2D eigenvalue weighted by atomic mass is 32.2. The summed E-state index contributed by atoms with van der Waals surface area (Å²) >= 11 is 1.51. The van der Waals surface area contributed by atoms with Crippen LogP contribution in [0.1, 0.15) is 29.2 Å². The molecule has 1 fully saturated rings. The highest BCUT2D eigenvalue weighted by molar-refractivity contribution is 8.00. The molecule has 2 aromatic carbocycles. The van der Waals surface area contributed by atoms with Crippen molar-refractivity contribution < 1.29 is 9.18 Å². The number of rotatable bonds is 5. The van der Waals surface area contributed by atoms with Crippen LogP contribution in [0, 0.1) is 12.7 Å². The standard InChI is InChI=1S/C18H18FNOS/c1-12-3-2-4-16(11-12)22-17(18(21)20-15-9-10-15)13-5-7-14(19)8-6-13/h2-8,11,15,17H,9-10H2,1H3,(H,20,21). The fourth-order valence-electron chi connectivity index (χ4n) is 2.24. The molecule has 22 heavy (non-hydrogen) atoms. The minimum Gasteiger partial charge on any atom is -0.352 e. The van der Waals surface area contributed by atoms with Gasteiger partial charge in [-0.15, -0.1) is 11.8 Å². The van der Waals surface area contributed by atoms with Crippen LogP contribution in [0.4, 0.5) is 4.39 Å². The third kappa shape index (κ3) is 3.89. The summed E-state index contributed by atoms with van der Waals surface area (Å²) in [5.74, 6) is -0.286. The van der Waals surface area contributed by atoms with E-state index in [1.807, 2.05) is 25.1 Å². The van der Waals surface area contributed by atoms with E-state index in [4.69, 9.17) is 0 Å². The summed E-state index contributed by atoms with van der Waals surface area (Å²) in [6, 6.07) is 14.6. The van der Waals surface area contributed by atoms with Crippen molar-refractivity contribution in [2.75, 3.05) is 0 Å². The number of hydrogen-bond acceptors (Lipinski definition) is 2. The van der Waals surface area contributed by atoms with Crippen LogP contribution in [-0.4, -0.2) is 11.9 Å². The first-order valence-corrected chi connectivity index (χ1v) is 8.29. The smallest absolute Gasteiger partial charge is 0.238 e. The van der Waals surface area contributed by atoms with Gasteiger partial charge in [0.05, 0.1) is 0 Å². The van der Waals surface area contributed by atoms with Gasteiger partial charge in [0.2, 0.25) is 5.91 Å². The highest BCUT2D eigenvalue weighted by Crippen LogP contribution is 2.36. The van der Waals surface area contributed by atoms with E-state index in [-0.39, 0.29) is 17.0 Å². The zero-order valence-corrected chi connectivity index (χ0v) is 13.2. The number of thioether (sulfide) groups is 1. The molecule has 0 heterocycles. The van der Waals surface area contributed by atoms with Gasteiger partial charge < -0.3 is 5.32 Å². The Bertz CT molecular complexity index is 667. The van der Waals surface area contributed by atoms with Gasteiger partial charge in [0.25, 0.3) is 0 Å². The van der Waals surface area contributed by atoms with Crippen molar-refractivity contribution in [1.29, 1.82) is 0 Å². The van der Waals surface area contributed by atoms with Crippen LogP contribution in [0.25, 0.3) is 0 Å². The van der Waals surface area contributed by atoms with E-state index in [0.717, 1.165) is 28.9 Å². The second kappa shape index (κ2) is 6.53. The molecule has 0 aromatic heterocycles. The summed E-state index contributed by atoms with van der Waals surface area (Å²) in [6.07, 6.45) is 2.11. The fraction of sp³-hybridized carbons (Fsp3) is 0.278. The molecule has 0 bridgehead atoms. The molecule has 4 heteroatoms. The van der Waals surface area contributed by atoms with Crippen LogP contribution in [0.2, 0.25) is 0 Å². The van der Waals surface area contributed by atoms with Crippen molar-refractivity contribution in [3.63, 3.8) is 0 Å². The number of aryl methyl sites for hydroxylation is 1. The molecule has 1 saturated carbocycles. The van der Waals surface area contributed by atoms with E-state index < -0.39 is 0 Å². The Morgan fingerprint density at radius 1 is 1.23 bits per heavy atom. The predicted molar refractivity (Wildman–Crippen MR) is 87.3 cm³/mol. The molecular weight excluding hydrogens is 297 g/mol. The molecule has 0 saturated heterocycles. The van der Waals surface area contributed by atoms with E-state index in [2.05, 4.69) is 11.4 Å². The lowest BCUT2D eigenvalue weighted by molar-refractivity contribution is -0.120. The third-order valence-corrected chi connectivity index (χ3v) is 4.83. The SMILES string of the molecule is Cc1cccc(SC(C(=O)NC2CC2)c2ccc(F)cc2)c1. The lowest BCUT2D eigenvalue weighted by Crippen LogP contribution is -2.29. The molecule has 1 amide bonds. The molecule has 2 aromatic rings. The number of benzene rings is 2. The van der Waals surface area contributed by atoms with Gasteiger partial charge in [-0.2, -0.15) is 0 Å². The van der Waals surface area contributed by atoms with Crippen LogP contribution in [0.5, 0.6) is 0 Å². The van der Waals surface area contributed by atoms with Gasteiger partial charge in [-0.05, 0) is 49.6 Å². The first-order valence-electron chi connectivity index (χ1n) is 7.41. The minimum atomic E-state index is -0.358. The van der Waals surface area contributed by atoms with E-state index in [9.17, 15) is 9.18 Å². The Labute approximate surface area is 134 Å². The maximum Gasteiger partial charge on any atom is 0.238 e. The first kappa shape index (κ1) is 15.1. The molecular formula is C18H18FNOS. The fourth-order valence-corrected chi connectivity index (χ4v) is 3.39. The average Bonchev–Trinajstić information content (AvgIpc) is 3.30. The summed E-state index contributed by atoms with van der Waals surface area (Å²) in [6.45, 7) is 2.03. The minimum absolute atomic E-state index is 0.000569. The second-order valence-electron chi connectivity index (χ2n) is 5.65. The Kier molecular flexibility index (Phi) is 4.48. The lowest BCUT2D eigenvalue weighted by Gasteiger charge is -2.17. The summed E-state index contributed by atoms with van der Waals surface area (Å²) in [5, 5.41) is 2.69. The van der Waals surface area contributed by atoms with E-state index in [1.54, 1.807) is 12.1 Å². The van der Waals surface area contributed by atoms with E-state index in [0.29, 0.717) is 6.04 Å². The van der Waals surface area contributed by atoms with Gasteiger partial charge in [0.1, 0.15) is 11.1 Å². The van der Waals surface area contributed by atoms with Crippen molar-refractivity contribution in [2.24, 2.45) is 0 Å². The first-order chi connectivity index (χ1) is 10.6. The van der Waals surface area contributed by atoms with Gasteiger partial charge in [-0.1, -0.05) is 29.8 Å². The number of halogens is 1. The second-order valence-corrected chi connectivity index (χ2v) is 6.83. The third-order valence-electron chi connectivity index (χ3n) is 3.58. The van der Waals surface area contributed by atoms with Crippen molar-refractivity contribution in [3.8, 4) is 0 Å². The van der Waals surface area contributed by atoms with E-state index >= 15 is 0 Å². The number of hydrogen-bond donors (Lipinski definition) is 1. The quantitative estimate of drug-likeness (QED) is 0.836. The van der Waals surface area contributed by atoms with E-state index in [1.165, 1.54) is 23.9 Å². The molecule has 1 N–H and O–H groups in total. The van der Waals surface area contributed by atoms with Crippen LogP contribution in [0.15, 0.2) is 53.4 Å². The summed E-state index contributed by atoms with van der Waals surface area (Å²) in [4.78, 5) is 13.6. The van der Waals surface area contributed by atoms with Gasteiger partial charge in [0, 0.05) is 10.9 Å². The van der Waals surface area contributed by atoms with Crippen LogP contribution in [0.3, 0.4) is 0 Å². The van der Waals surface area contributed by atoms with Crippen molar-refractivity contribution in [1.82, 2.24) is 5.32 Å². The largest absolute Gasteiger partial charge is 0.352 e. The molecule has 1 unspecified atom stereocenters. The van der Waals surface area contributed by atoms with Crippen molar-refractivity contribution in [3.05, 3.63) is 65.5 Å². The van der Waals surface area contributed by atoms with Gasteiger partial charge >= 0.3 is 0 Å². The van der Waals surface area contributed by atoms with Crippen LogP contribution >= 0.6 is 11.8 Å². The zero-order valence-electron chi connectivity index (χ0n) is 12.4. The Morgan fingerprint density at radius 3 is 2.59 bits per heavy atom. The number of carbonyl (C=O) groups excluding carboxylic acids is 1. The van der Waals surface area contributed by atoms with Gasteiger partial charge in [-0.3, -0.25) is 4.79 Å². The maximum atomic E-state index is 13.1. The molecule has 1 aliphatic rings. The Morgan fingerprint density at radius 2 is 1.95 bits per heavy atom. The van der Waals surface area contributed by atoms with Crippen LogP contribution in [-0.2, 0) is 4.79 Å². The molecule has 0 radical (unpaired) electrons. The summed E-state index contributed by atoms with van der Waals surface area (Å²) < 4.78 is 13.1. The summed E-state index contributed by atoms with van der Waals surface area (Å²) in [5.41, 5.74) is 1.98. The van der Waals surface area contributed by atoms with Crippen LogP contribution < -0.4 is 5.32 Å². The van der Waals surface area contributed by atoms with Crippen molar-refractivity contribution >= 4 is 17.7 Å². The zero-order chi connectivity index (χ0) is 15.5. The Balaban J connectivity index is 1.84. The maximum absolute atomic E-state index is 13.1. The normalized spacial score (nSPS) is 15.4.